The first-order valence-corrected chi connectivity index (χ1v) is 7.19. The summed E-state index contributed by atoms with van der Waals surface area (Å²) in [4.78, 5) is 2.48. The van der Waals surface area contributed by atoms with Crippen LogP contribution in [0.5, 0.6) is 11.5 Å². The molecule has 1 fully saturated rings. The van der Waals surface area contributed by atoms with Gasteiger partial charge in [-0.2, -0.15) is 0 Å². The summed E-state index contributed by atoms with van der Waals surface area (Å²) in [6.45, 7) is 9.13. The van der Waals surface area contributed by atoms with E-state index in [9.17, 15) is 0 Å². The van der Waals surface area contributed by atoms with Crippen molar-refractivity contribution in [1.29, 1.82) is 0 Å². The molecule has 0 radical (unpaired) electrons. The largest absolute Gasteiger partial charge is 0.454 e. The summed E-state index contributed by atoms with van der Waals surface area (Å²) < 4.78 is 10.6. The van der Waals surface area contributed by atoms with Crippen LogP contribution < -0.4 is 9.47 Å². The van der Waals surface area contributed by atoms with E-state index in [0.29, 0.717) is 6.79 Å². The second kappa shape index (κ2) is 7.75. The van der Waals surface area contributed by atoms with Gasteiger partial charge < -0.3 is 9.47 Å². The highest BCUT2D eigenvalue weighted by molar-refractivity contribution is 5.56. The summed E-state index contributed by atoms with van der Waals surface area (Å²) in [6, 6.07) is 6.06. The van der Waals surface area contributed by atoms with Crippen LogP contribution in [0.25, 0.3) is 6.08 Å². The number of allylic oxidation sites excluding steroid dienone is 1. The predicted octanol–water partition coefficient (Wildman–Crippen LogP) is 3.72. The Hall–Kier alpha value is -1.74. The fourth-order valence-electron chi connectivity index (χ4n) is 2.32. The Morgan fingerprint density at radius 3 is 2.65 bits per heavy atom. The third kappa shape index (κ3) is 4.14. The van der Waals surface area contributed by atoms with Gasteiger partial charge in [0.15, 0.2) is 11.5 Å². The van der Waals surface area contributed by atoms with Gasteiger partial charge in [-0.15, -0.1) is 6.58 Å². The van der Waals surface area contributed by atoms with Crippen molar-refractivity contribution in [2.45, 2.75) is 19.8 Å². The predicted molar refractivity (Wildman–Crippen MR) is 83.1 cm³/mol. The van der Waals surface area contributed by atoms with E-state index in [1.54, 1.807) is 6.08 Å². The molecule has 2 aliphatic heterocycles. The van der Waals surface area contributed by atoms with Gasteiger partial charge in [0.05, 0.1) is 0 Å². The molecule has 0 saturated carbocycles. The molecule has 0 bridgehead atoms. The molecular weight excluding hydrogens is 250 g/mol. The maximum Gasteiger partial charge on any atom is 0.231 e. The lowest BCUT2D eigenvalue weighted by molar-refractivity contribution is 0.174. The van der Waals surface area contributed by atoms with Crippen molar-refractivity contribution >= 4 is 6.08 Å². The SMILES string of the molecule is C(=C\c1ccc2c(c1)OCO2)/CN1CCCC1.C=CC. The van der Waals surface area contributed by atoms with Crippen LogP contribution in [0.15, 0.2) is 36.9 Å². The number of hydrogen-bond acceptors (Lipinski definition) is 3. The third-order valence-corrected chi connectivity index (χ3v) is 3.27. The molecule has 2 heterocycles. The minimum Gasteiger partial charge on any atom is -0.454 e. The topological polar surface area (TPSA) is 21.7 Å². The number of benzene rings is 1. The van der Waals surface area contributed by atoms with Gasteiger partial charge in [-0.3, -0.25) is 4.90 Å². The minimum absolute atomic E-state index is 0.344. The fourth-order valence-corrected chi connectivity index (χ4v) is 2.32. The van der Waals surface area contributed by atoms with Crippen LogP contribution in [0.4, 0.5) is 0 Å². The van der Waals surface area contributed by atoms with E-state index >= 15 is 0 Å². The first-order chi connectivity index (χ1) is 9.83. The Balaban J connectivity index is 0.000000452. The van der Waals surface area contributed by atoms with E-state index in [-0.39, 0.29) is 0 Å². The number of fused-ring (bicyclic) bond motifs is 1. The van der Waals surface area contributed by atoms with Gasteiger partial charge in [0.2, 0.25) is 6.79 Å². The van der Waals surface area contributed by atoms with Gasteiger partial charge in [-0.05, 0) is 50.6 Å². The number of nitrogens with zero attached hydrogens (tertiary/aromatic N) is 1. The molecule has 3 heteroatoms. The fraction of sp³-hybridized carbons (Fsp3) is 0.412. The Morgan fingerprint density at radius 2 is 1.90 bits per heavy atom. The van der Waals surface area contributed by atoms with Crippen molar-refractivity contribution in [3.63, 3.8) is 0 Å². The van der Waals surface area contributed by atoms with Crippen LogP contribution in [0.3, 0.4) is 0 Å². The Bertz CT molecular complexity index is 462. The van der Waals surface area contributed by atoms with E-state index in [2.05, 4.69) is 29.7 Å². The molecule has 0 spiro atoms. The van der Waals surface area contributed by atoms with Crippen LogP contribution in [0.2, 0.25) is 0 Å². The molecule has 1 aromatic carbocycles. The monoisotopic (exact) mass is 273 g/mol. The van der Waals surface area contributed by atoms with Crippen LogP contribution in [0, 0.1) is 0 Å². The second-order valence-corrected chi connectivity index (χ2v) is 4.93. The third-order valence-electron chi connectivity index (χ3n) is 3.27. The number of rotatable bonds is 3. The van der Waals surface area contributed by atoms with Crippen LogP contribution >= 0.6 is 0 Å². The zero-order valence-electron chi connectivity index (χ0n) is 12.2. The molecule has 3 rings (SSSR count). The molecule has 1 aromatic rings. The molecular formula is C17H23NO2. The lowest BCUT2D eigenvalue weighted by atomic mass is 10.2. The van der Waals surface area contributed by atoms with Crippen molar-refractivity contribution in [2.75, 3.05) is 26.4 Å². The zero-order chi connectivity index (χ0) is 14.2. The molecule has 0 N–H and O–H groups in total. The molecule has 0 atom stereocenters. The molecule has 20 heavy (non-hydrogen) atoms. The number of hydrogen-bond donors (Lipinski definition) is 0. The lowest BCUT2D eigenvalue weighted by Gasteiger charge is -2.10. The average Bonchev–Trinajstić information content (AvgIpc) is 3.09. The minimum atomic E-state index is 0.344. The van der Waals surface area contributed by atoms with E-state index < -0.39 is 0 Å². The van der Waals surface area contributed by atoms with Crippen LogP contribution in [-0.2, 0) is 0 Å². The Kier molecular flexibility index (Phi) is 5.69. The Morgan fingerprint density at radius 1 is 1.20 bits per heavy atom. The highest BCUT2D eigenvalue weighted by atomic mass is 16.7. The van der Waals surface area contributed by atoms with Crippen molar-refractivity contribution in [1.82, 2.24) is 4.90 Å². The summed E-state index contributed by atoms with van der Waals surface area (Å²) in [6.07, 6.45) is 8.82. The molecule has 0 unspecified atom stereocenters. The molecule has 0 aliphatic carbocycles. The highest BCUT2D eigenvalue weighted by Crippen LogP contribution is 2.32. The Labute approximate surface area is 121 Å². The van der Waals surface area contributed by atoms with Crippen molar-refractivity contribution in [2.24, 2.45) is 0 Å². The lowest BCUT2D eigenvalue weighted by Crippen LogP contribution is -2.18. The van der Waals surface area contributed by atoms with Gasteiger partial charge in [-0.25, -0.2) is 0 Å². The summed E-state index contributed by atoms with van der Waals surface area (Å²) >= 11 is 0. The van der Waals surface area contributed by atoms with Gasteiger partial charge in [-0.1, -0.05) is 24.3 Å². The summed E-state index contributed by atoms with van der Waals surface area (Å²) in [5.41, 5.74) is 1.17. The number of likely N-dealkylation sites (tertiary alicyclic amines) is 1. The summed E-state index contributed by atoms with van der Waals surface area (Å²) in [5.74, 6) is 1.70. The molecule has 1 saturated heterocycles. The van der Waals surface area contributed by atoms with Gasteiger partial charge in [0.25, 0.3) is 0 Å². The average molecular weight is 273 g/mol. The molecule has 108 valence electrons. The first-order valence-electron chi connectivity index (χ1n) is 7.19. The van der Waals surface area contributed by atoms with Gasteiger partial charge in [0, 0.05) is 6.54 Å². The number of ether oxygens (including phenoxy) is 2. The van der Waals surface area contributed by atoms with Crippen molar-refractivity contribution < 1.29 is 9.47 Å². The van der Waals surface area contributed by atoms with Gasteiger partial charge in [0.1, 0.15) is 0 Å². The summed E-state index contributed by atoms with van der Waals surface area (Å²) in [7, 11) is 0. The summed E-state index contributed by atoms with van der Waals surface area (Å²) in [5, 5.41) is 0. The standard InChI is InChI=1S/C14H17NO2.C3H6/c1-2-8-15(7-1)9-3-4-12-5-6-13-14(10-12)17-11-16-13;1-3-2/h3-6,10H,1-2,7-9,11H2;3H,1H2,2H3/b4-3+;. The molecule has 0 amide bonds. The molecule has 2 aliphatic rings. The van der Waals surface area contributed by atoms with E-state index in [1.807, 2.05) is 19.1 Å². The van der Waals surface area contributed by atoms with E-state index in [4.69, 9.17) is 9.47 Å². The molecule has 0 aromatic heterocycles. The highest BCUT2D eigenvalue weighted by Gasteiger charge is 2.12. The van der Waals surface area contributed by atoms with E-state index in [1.165, 1.54) is 31.5 Å². The maximum absolute atomic E-state index is 5.35. The van der Waals surface area contributed by atoms with Crippen LogP contribution in [0.1, 0.15) is 25.3 Å². The quantitative estimate of drug-likeness (QED) is 0.784. The van der Waals surface area contributed by atoms with Crippen molar-refractivity contribution in [3.8, 4) is 11.5 Å². The first kappa shape index (κ1) is 14.7. The van der Waals surface area contributed by atoms with Gasteiger partial charge >= 0.3 is 0 Å². The zero-order valence-corrected chi connectivity index (χ0v) is 12.2. The van der Waals surface area contributed by atoms with Crippen LogP contribution in [-0.4, -0.2) is 31.3 Å². The molecule has 3 nitrogen and oxygen atoms in total. The second-order valence-electron chi connectivity index (χ2n) is 4.93. The maximum atomic E-state index is 5.35. The van der Waals surface area contributed by atoms with Crippen molar-refractivity contribution in [3.05, 3.63) is 42.5 Å². The smallest absolute Gasteiger partial charge is 0.231 e. The van der Waals surface area contributed by atoms with E-state index in [0.717, 1.165) is 18.0 Å². The normalized spacial score (nSPS) is 17.1.